The van der Waals surface area contributed by atoms with Crippen molar-refractivity contribution in [1.82, 2.24) is 4.90 Å². The normalized spacial score (nSPS) is 10.5. The van der Waals surface area contributed by atoms with Gasteiger partial charge in [0.2, 0.25) is 5.91 Å². The number of nitrogens with zero attached hydrogens (tertiary/aromatic N) is 1. The van der Waals surface area contributed by atoms with Crippen LogP contribution in [0, 0.1) is 6.92 Å². The number of halogens is 1. The molecule has 2 aromatic rings. The third kappa shape index (κ3) is 5.08. The summed E-state index contributed by atoms with van der Waals surface area (Å²) in [5, 5.41) is 0.735. The van der Waals surface area contributed by atoms with Crippen molar-refractivity contribution in [2.45, 2.75) is 24.8 Å². The van der Waals surface area contributed by atoms with E-state index in [0.717, 1.165) is 15.7 Å². The molecular weight excluding hydrogens is 314 g/mol. The van der Waals surface area contributed by atoms with Crippen LogP contribution in [0.3, 0.4) is 0 Å². The number of carbonyl (C=O) groups excluding carboxylic acids is 1. The Hall–Kier alpha value is -1.45. The fourth-order valence-electron chi connectivity index (χ4n) is 2.11. The summed E-state index contributed by atoms with van der Waals surface area (Å²) in [6, 6.07) is 15.9. The maximum atomic E-state index is 12.2. The van der Waals surface area contributed by atoms with Gasteiger partial charge in [-0.25, -0.2) is 0 Å². The van der Waals surface area contributed by atoms with Crippen molar-refractivity contribution < 1.29 is 4.79 Å². The van der Waals surface area contributed by atoms with E-state index in [0.29, 0.717) is 13.0 Å². The molecule has 0 bridgehead atoms. The van der Waals surface area contributed by atoms with Gasteiger partial charge in [-0.2, -0.15) is 0 Å². The van der Waals surface area contributed by atoms with Gasteiger partial charge < -0.3 is 4.90 Å². The van der Waals surface area contributed by atoms with Gasteiger partial charge in [-0.1, -0.05) is 35.9 Å². The Morgan fingerprint density at radius 2 is 1.82 bits per heavy atom. The fraction of sp³-hybridized carbons (Fsp3) is 0.278. The highest BCUT2D eigenvalue weighted by Crippen LogP contribution is 2.21. The molecule has 0 aliphatic carbocycles. The SMILES string of the molecule is Cc1ccccc1CN(C)C(=O)CCSc1ccc(Cl)cc1. The highest BCUT2D eigenvalue weighted by atomic mass is 35.5. The topological polar surface area (TPSA) is 20.3 Å². The van der Waals surface area contributed by atoms with Crippen molar-refractivity contribution in [3.63, 3.8) is 0 Å². The van der Waals surface area contributed by atoms with Crippen LogP contribution < -0.4 is 0 Å². The Morgan fingerprint density at radius 1 is 1.14 bits per heavy atom. The van der Waals surface area contributed by atoms with Crippen LogP contribution in [0.2, 0.25) is 5.02 Å². The molecule has 0 saturated carbocycles. The summed E-state index contributed by atoms with van der Waals surface area (Å²) in [4.78, 5) is 15.1. The van der Waals surface area contributed by atoms with Gasteiger partial charge >= 0.3 is 0 Å². The molecule has 4 heteroatoms. The summed E-state index contributed by atoms with van der Waals surface area (Å²) in [5.74, 6) is 0.947. The first-order valence-corrected chi connectivity index (χ1v) is 8.59. The summed E-state index contributed by atoms with van der Waals surface area (Å²) in [6.07, 6.45) is 0.537. The lowest BCUT2D eigenvalue weighted by atomic mass is 10.1. The lowest BCUT2D eigenvalue weighted by molar-refractivity contribution is -0.129. The first-order chi connectivity index (χ1) is 10.6. The zero-order valence-corrected chi connectivity index (χ0v) is 14.5. The average Bonchev–Trinajstić information content (AvgIpc) is 2.51. The highest BCUT2D eigenvalue weighted by molar-refractivity contribution is 7.99. The van der Waals surface area contributed by atoms with Crippen LogP contribution >= 0.6 is 23.4 Å². The minimum absolute atomic E-state index is 0.171. The quantitative estimate of drug-likeness (QED) is 0.708. The predicted octanol–water partition coefficient (Wildman–Crippen LogP) is 4.79. The molecule has 0 spiro atoms. The van der Waals surface area contributed by atoms with Gasteiger partial charge in [-0.15, -0.1) is 11.8 Å². The van der Waals surface area contributed by atoms with Crippen LogP contribution in [-0.4, -0.2) is 23.6 Å². The molecule has 0 atom stereocenters. The molecule has 0 aliphatic rings. The van der Waals surface area contributed by atoms with E-state index in [1.807, 2.05) is 43.4 Å². The third-order valence-electron chi connectivity index (χ3n) is 3.49. The highest BCUT2D eigenvalue weighted by Gasteiger charge is 2.10. The van der Waals surface area contributed by atoms with Gasteiger partial charge in [0.15, 0.2) is 0 Å². The van der Waals surface area contributed by atoms with Crippen LogP contribution in [0.4, 0.5) is 0 Å². The Morgan fingerprint density at radius 3 is 2.50 bits per heavy atom. The molecule has 116 valence electrons. The molecule has 0 radical (unpaired) electrons. The van der Waals surface area contributed by atoms with Gasteiger partial charge in [-0.05, 0) is 42.3 Å². The van der Waals surface area contributed by atoms with Gasteiger partial charge in [0.05, 0.1) is 0 Å². The Bertz CT molecular complexity index is 627. The van der Waals surface area contributed by atoms with Crippen LogP contribution in [0.5, 0.6) is 0 Å². The zero-order valence-electron chi connectivity index (χ0n) is 12.9. The van der Waals surface area contributed by atoms with E-state index in [-0.39, 0.29) is 5.91 Å². The molecule has 1 amide bonds. The second-order valence-corrected chi connectivity index (χ2v) is 6.83. The summed E-state index contributed by atoms with van der Waals surface area (Å²) >= 11 is 7.54. The number of hydrogen-bond acceptors (Lipinski definition) is 2. The Balaban J connectivity index is 1.79. The van der Waals surface area contributed by atoms with Crippen molar-refractivity contribution in [2.24, 2.45) is 0 Å². The number of amides is 1. The van der Waals surface area contributed by atoms with Crippen molar-refractivity contribution >= 4 is 29.3 Å². The molecule has 2 aromatic carbocycles. The van der Waals surface area contributed by atoms with Crippen molar-refractivity contribution in [3.8, 4) is 0 Å². The van der Waals surface area contributed by atoms with Gasteiger partial charge in [0.25, 0.3) is 0 Å². The van der Waals surface area contributed by atoms with E-state index in [4.69, 9.17) is 11.6 Å². The number of rotatable bonds is 6. The second kappa shape index (κ2) is 8.25. The minimum atomic E-state index is 0.171. The lowest BCUT2D eigenvalue weighted by Crippen LogP contribution is -2.26. The standard InChI is InChI=1S/C18H20ClNOS/c1-14-5-3-4-6-15(14)13-20(2)18(21)11-12-22-17-9-7-16(19)8-10-17/h3-10H,11-13H2,1-2H3. The van der Waals surface area contributed by atoms with Crippen molar-refractivity contribution in [3.05, 3.63) is 64.7 Å². The zero-order chi connectivity index (χ0) is 15.9. The number of aryl methyl sites for hydroxylation is 1. The van der Waals surface area contributed by atoms with E-state index < -0.39 is 0 Å². The van der Waals surface area contributed by atoms with Gasteiger partial charge in [-0.3, -0.25) is 4.79 Å². The molecule has 0 N–H and O–H groups in total. The van der Waals surface area contributed by atoms with E-state index in [1.54, 1.807) is 16.7 Å². The van der Waals surface area contributed by atoms with E-state index in [9.17, 15) is 4.79 Å². The van der Waals surface area contributed by atoms with E-state index in [2.05, 4.69) is 19.1 Å². The molecule has 0 unspecified atom stereocenters. The smallest absolute Gasteiger partial charge is 0.223 e. The monoisotopic (exact) mass is 333 g/mol. The number of hydrogen-bond donors (Lipinski definition) is 0. The summed E-state index contributed by atoms with van der Waals surface area (Å²) in [5.41, 5.74) is 2.42. The lowest BCUT2D eigenvalue weighted by Gasteiger charge is -2.18. The third-order valence-corrected chi connectivity index (χ3v) is 4.76. The minimum Gasteiger partial charge on any atom is -0.341 e. The van der Waals surface area contributed by atoms with Crippen LogP contribution in [-0.2, 0) is 11.3 Å². The molecule has 2 nitrogen and oxygen atoms in total. The van der Waals surface area contributed by atoms with Crippen LogP contribution in [0.15, 0.2) is 53.4 Å². The van der Waals surface area contributed by atoms with Crippen molar-refractivity contribution in [2.75, 3.05) is 12.8 Å². The van der Waals surface area contributed by atoms with Crippen molar-refractivity contribution in [1.29, 1.82) is 0 Å². The summed E-state index contributed by atoms with van der Waals surface area (Å²) < 4.78 is 0. The average molecular weight is 334 g/mol. The first kappa shape index (κ1) is 16.9. The van der Waals surface area contributed by atoms with Gasteiger partial charge in [0.1, 0.15) is 0 Å². The van der Waals surface area contributed by atoms with Crippen LogP contribution in [0.1, 0.15) is 17.5 Å². The molecule has 0 saturated heterocycles. The fourth-order valence-corrected chi connectivity index (χ4v) is 3.08. The summed E-state index contributed by atoms with van der Waals surface area (Å²) in [6.45, 7) is 2.74. The Labute approximate surface area is 141 Å². The first-order valence-electron chi connectivity index (χ1n) is 7.23. The number of benzene rings is 2. The number of thioether (sulfide) groups is 1. The van der Waals surface area contributed by atoms with Crippen LogP contribution in [0.25, 0.3) is 0 Å². The predicted molar refractivity (Wildman–Crippen MR) is 94.4 cm³/mol. The van der Waals surface area contributed by atoms with E-state index >= 15 is 0 Å². The second-order valence-electron chi connectivity index (χ2n) is 5.23. The maximum Gasteiger partial charge on any atom is 0.223 e. The molecule has 0 fully saturated rings. The molecule has 0 aliphatic heterocycles. The Kier molecular flexibility index (Phi) is 6.34. The van der Waals surface area contributed by atoms with E-state index in [1.165, 1.54) is 11.1 Å². The maximum absolute atomic E-state index is 12.2. The molecule has 0 aromatic heterocycles. The molecule has 22 heavy (non-hydrogen) atoms. The van der Waals surface area contributed by atoms with Gasteiger partial charge in [0, 0.05) is 35.7 Å². The molecule has 0 heterocycles. The largest absolute Gasteiger partial charge is 0.341 e. The summed E-state index contributed by atoms with van der Waals surface area (Å²) in [7, 11) is 1.86. The molecule has 2 rings (SSSR count). The number of carbonyl (C=O) groups is 1. The molecular formula is C18H20ClNOS.